The third-order valence-electron chi connectivity index (χ3n) is 3.46. The summed E-state index contributed by atoms with van der Waals surface area (Å²) in [6, 6.07) is 9.18. The van der Waals surface area contributed by atoms with Gasteiger partial charge in [-0.05, 0) is 34.3 Å². The molecular formula is C17H27Br. The molecule has 0 heterocycles. The molecule has 1 aromatic rings. The predicted molar refractivity (Wildman–Crippen MR) is 85.7 cm³/mol. The zero-order chi connectivity index (χ0) is 14.0. The summed E-state index contributed by atoms with van der Waals surface area (Å²) in [7, 11) is 0. The van der Waals surface area contributed by atoms with Gasteiger partial charge in [0.2, 0.25) is 0 Å². The number of benzene rings is 1. The minimum Gasteiger partial charge on any atom is -0.0922 e. The first-order valence-corrected chi connectivity index (χ1v) is 7.94. The number of hydrogen-bond acceptors (Lipinski definition) is 0. The highest BCUT2D eigenvalue weighted by Crippen LogP contribution is 2.36. The van der Waals surface area contributed by atoms with Crippen LogP contribution in [-0.4, -0.2) is 5.33 Å². The van der Waals surface area contributed by atoms with Gasteiger partial charge in [0.1, 0.15) is 0 Å². The Bertz CT molecular complexity index is 368. The maximum absolute atomic E-state index is 3.55. The number of halogens is 1. The Labute approximate surface area is 121 Å². The molecule has 0 N–H and O–H groups in total. The van der Waals surface area contributed by atoms with E-state index in [0.717, 1.165) is 5.33 Å². The molecule has 0 nitrogen and oxygen atoms in total. The van der Waals surface area contributed by atoms with Gasteiger partial charge < -0.3 is 0 Å². The second kappa shape index (κ2) is 5.77. The molecule has 0 fully saturated rings. The molecule has 0 saturated carbocycles. The number of alkyl halides is 1. The molecule has 102 valence electrons. The van der Waals surface area contributed by atoms with E-state index in [-0.39, 0.29) is 5.41 Å². The highest BCUT2D eigenvalue weighted by Gasteiger charge is 2.27. The highest BCUT2D eigenvalue weighted by molar-refractivity contribution is 9.09. The number of hydrogen-bond donors (Lipinski definition) is 0. The summed E-state index contributed by atoms with van der Waals surface area (Å²) >= 11 is 3.55. The molecule has 18 heavy (non-hydrogen) atoms. The molecule has 0 aliphatic rings. The van der Waals surface area contributed by atoms with E-state index in [1.165, 1.54) is 17.5 Å². The lowest BCUT2D eigenvalue weighted by atomic mass is 9.72. The second-order valence-corrected chi connectivity index (χ2v) is 7.95. The summed E-state index contributed by atoms with van der Waals surface area (Å²) in [6.45, 7) is 13.9. The van der Waals surface area contributed by atoms with Crippen LogP contribution in [0.5, 0.6) is 0 Å². The van der Waals surface area contributed by atoms with Crippen LogP contribution in [0.15, 0.2) is 24.3 Å². The summed E-state index contributed by atoms with van der Waals surface area (Å²) in [4.78, 5) is 0. The SMILES string of the molecule is CC(CBr)c1ccc(C(C)(C)CC(C)(C)C)cc1. The summed E-state index contributed by atoms with van der Waals surface area (Å²) < 4.78 is 0. The van der Waals surface area contributed by atoms with Crippen LogP contribution >= 0.6 is 15.9 Å². The third-order valence-corrected chi connectivity index (χ3v) is 4.44. The van der Waals surface area contributed by atoms with Gasteiger partial charge >= 0.3 is 0 Å². The van der Waals surface area contributed by atoms with Crippen molar-refractivity contribution >= 4 is 15.9 Å². The van der Waals surface area contributed by atoms with Gasteiger partial charge in [-0.3, -0.25) is 0 Å². The first kappa shape index (κ1) is 15.8. The van der Waals surface area contributed by atoms with Gasteiger partial charge in [0, 0.05) is 5.33 Å². The van der Waals surface area contributed by atoms with Gasteiger partial charge in [-0.25, -0.2) is 0 Å². The zero-order valence-corrected chi connectivity index (χ0v) is 14.3. The minimum atomic E-state index is 0.244. The lowest BCUT2D eigenvalue weighted by Crippen LogP contribution is -2.24. The van der Waals surface area contributed by atoms with Gasteiger partial charge in [0.15, 0.2) is 0 Å². The fourth-order valence-electron chi connectivity index (χ4n) is 2.78. The molecule has 0 amide bonds. The maximum Gasteiger partial charge on any atom is 0.00975 e. The van der Waals surface area contributed by atoms with Crippen LogP contribution < -0.4 is 0 Å². The second-order valence-electron chi connectivity index (χ2n) is 7.30. The molecule has 0 radical (unpaired) electrons. The standard InChI is InChI=1S/C17H27Br/c1-13(11-18)14-7-9-15(10-8-14)17(5,6)12-16(2,3)4/h7-10,13H,11-12H2,1-6H3. The molecule has 0 aromatic heterocycles. The molecule has 0 aliphatic heterocycles. The van der Waals surface area contributed by atoms with E-state index in [2.05, 4.69) is 81.7 Å². The van der Waals surface area contributed by atoms with Crippen molar-refractivity contribution in [2.45, 2.75) is 59.3 Å². The van der Waals surface area contributed by atoms with Crippen molar-refractivity contribution in [2.75, 3.05) is 5.33 Å². The molecule has 0 aliphatic carbocycles. The van der Waals surface area contributed by atoms with E-state index in [1.807, 2.05) is 0 Å². The fraction of sp³-hybridized carbons (Fsp3) is 0.647. The van der Waals surface area contributed by atoms with Crippen LogP contribution in [-0.2, 0) is 5.41 Å². The molecule has 1 heteroatoms. The Hall–Kier alpha value is -0.300. The first-order chi connectivity index (χ1) is 8.15. The topological polar surface area (TPSA) is 0 Å². The Morgan fingerprint density at radius 1 is 1.00 bits per heavy atom. The normalized spacial score (nSPS) is 14.6. The van der Waals surface area contributed by atoms with Gasteiger partial charge in [-0.2, -0.15) is 0 Å². The largest absolute Gasteiger partial charge is 0.0922 e. The molecule has 1 aromatic carbocycles. The van der Waals surface area contributed by atoms with E-state index >= 15 is 0 Å². The first-order valence-electron chi connectivity index (χ1n) is 6.82. The third kappa shape index (κ3) is 4.42. The quantitative estimate of drug-likeness (QED) is 0.607. The van der Waals surface area contributed by atoms with Crippen LogP contribution in [0.2, 0.25) is 0 Å². The van der Waals surface area contributed by atoms with Crippen LogP contribution in [0.25, 0.3) is 0 Å². The van der Waals surface area contributed by atoms with Gasteiger partial charge in [0.05, 0.1) is 0 Å². The molecule has 0 bridgehead atoms. The van der Waals surface area contributed by atoms with Crippen molar-refractivity contribution in [1.29, 1.82) is 0 Å². The van der Waals surface area contributed by atoms with Crippen LogP contribution in [0.4, 0.5) is 0 Å². The Morgan fingerprint density at radius 2 is 1.50 bits per heavy atom. The Kier molecular flexibility index (Phi) is 5.05. The average molecular weight is 311 g/mol. The van der Waals surface area contributed by atoms with E-state index < -0.39 is 0 Å². The zero-order valence-electron chi connectivity index (χ0n) is 12.7. The van der Waals surface area contributed by atoms with Crippen molar-refractivity contribution < 1.29 is 0 Å². The van der Waals surface area contributed by atoms with E-state index in [4.69, 9.17) is 0 Å². The molecule has 1 atom stereocenters. The van der Waals surface area contributed by atoms with Crippen molar-refractivity contribution in [1.82, 2.24) is 0 Å². The van der Waals surface area contributed by atoms with Crippen molar-refractivity contribution in [3.63, 3.8) is 0 Å². The summed E-state index contributed by atoms with van der Waals surface area (Å²) in [5.41, 5.74) is 3.48. The fourth-order valence-corrected chi connectivity index (χ4v) is 3.15. The molecule has 0 saturated heterocycles. The van der Waals surface area contributed by atoms with Crippen molar-refractivity contribution in [2.24, 2.45) is 5.41 Å². The average Bonchev–Trinajstić information content (AvgIpc) is 2.25. The van der Waals surface area contributed by atoms with Gasteiger partial charge in [-0.15, -0.1) is 0 Å². The van der Waals surface area contributed by atoms with Crippen LogP contribution in [0.1, 0.15) is 65.0 Å². The highest BCUT2D eigenvalue weighted by atomic mass is 79.9. The molecule has 0 spiro atoms. The van der Waals surface area contributed by atoms with Crippen LogP contribution in [0, 0.1) is 5.41 Å². The van der Waals surface area contributed by atoms with Gasteiger partial charge in [0.25, 0.3) is 0 Å². The van der Waals surface area contributed by atoms with Gasteiger partial charge in [-0.1, -0.05) is 81.7 Å². The van der Waals surface area contributed by atoms with Crippen molar-refractivity contribution in [3.05, 3.63) is 35.4 Å². The minimum absolute atomic E-state index is 0.244. The molecular weight excluding hydrogens is 284 g/mol. The predicted octanol–water partition coefficient (Wildman–Crippen LogP) is 5.90. The lowest BCUT2D eigenvalue weighted by molar-refractivity contribution is 0.284. The maximum atomic E-state index is 3.55. The summed E-state index contributed by atoms with van der Waals surface area (Å²) in [6.07, 6.45) is 1.20. The number of rotatable bonds is 4. The van der Waals surface area contributed by atoms with E-state index in [0.29, 0.717) is 11.3 Å². The lowest BCUT2D eigenvalue weighted by Gasteiger charge is -2.33. The van der Waals surface area contributed by atoms with Crippen molar-refractivity contribution in [3.8, 4) is 0 Å². The smallest absolute Gasteiger partial charge is 0.00975 e. The summed E-state index contributed by atoms with van der Waals surface area (Å²) in [5, 5.41) is 1.03. The van der Waals surface area contributed by atoms with Crippen LogP contribution in [0.3, 0.4) is 0 Å². The molecule has 1 unspecified atom stereocenters. The Balaban J connectivity index is 2.90. The monoisotopic (exact) mass is 310 g/mol. The molecule has 1 rings (SSSR count). The van der Waals surface area contributed by atoms with E-state index in [1.54, 1.807) is 0 Å². The Morgan fingerprint density at radius 3 is 1.89 bits per heavy atom. The summed E-state index contributed by atoms with van der Waals surface area (Å²) in [5.74, 6) is 0.588. The van der Waals surface area contributed by atoms with E-state index in [9.17, 15) is 0 Å².